The smallest absolute Gasteiger partial charge is 0.191 e. The number of rotatable bonds is 6. The summed E-state index contributed by atoms with van der Waals surface area (Å²) in [4.78, 5) is 4.75. The normalized spacial score (nSPS) is 23.1. The monoisotopic (exact) mass is 335 g/mol. The zero-order chi connectivity index (χ0) is 17.5. The first kappa shape index (κ1) is 18.8. The van der Waals surface area contributed by atoms with Gasteiger partial charge in [-0.15, -0.1) is 0 Å². The summed E-state index contributed by atoms with van der Waals surface area (Å²) in [6, 6.07) is 2.52. The molecule has 0 bridgehead atoms. The van der Waals surface area contributed by atoms with E-state index >= 15 is 0 Å². The SMILES string of the molecule is CCNC(=NCC(C)Cn1nc(C)cc1C)NC1CCC(O)CC1. The Morgan fingerprint density at radius 1 is 1.38 bits per heavy atom. The van der Waals surface area contributed by atoms with Crippen LogP contribution in [0, 0.1) is 19.8 Å². The maximum atomic E-state index is 9.62. The van der Waals surface area contributed by atoms with Gasteiger partial charge < -0.3 is 15.7 Å². The number of aliphatic imine (C=N–C) groups is 1. The summed E-state index contributed by atoms with van der Waals surface area (Å²) in [5.74, 6) is 1.31. The average Bonchev–Trinajstić information content (AvgIpc) is 2.85. The van der Waals surface area contributed by atoms with Crippen LogP contribution in [0.4, 0.5) is 0 Å². The number of aromatic nitrogens is 2. The third-order valence-electron chi connectivity index (χ3n) is 4.53. The van der Waals surface area contributed by atoms with Crippen LogP contribution in [-0.2, 0) is 6.54 Å². The van der Waals surface area contributed by atoms with Crippen molar-refractivity contribution in [2.75, 3.05) is 13.1 Å². The van der Waals surface area contributed by atoms with Crippen molar-refractivity contribution in [3.8, 4) is 0 Å². The fourth-order valence-electron chi connectivity index (χ4n) is 3.19. The van der Waals surface area contributed by atoms with Gasteiger partial charge in [-0.05, 0) is 58.4 Å². The van der Waals surface area contributed by atoms with Crippen molar-refractivity contribution in [3.63, 3.8) is 0 Å². The molecule has 1 aromatic heterocycles. The number of aliphatic hydroxyl groups is 1. The van der Waals surface area contributed by atoms with E-state index in [2.05, 4.69) is 47.3 Å². The molecule has 1 fully saturated rings. The summed E-state index contributed by atoms with van der Waals surface area (Å²) in [6.45, 7) is 10.9. The molecule has 6 nitrogen and oxygen atoms in total. The summed E-state index contributed by atoms with van der Waals surface area (Å²) in [5.41, 5.74) is 2.27. The second-order valence-corrected chi connectivity index (χ2v) is 7.08. The molecule has 0 saturated heterocycles. The first-order valence-electron chi connectivity index (χ1n) is 9.22. The first-order valence-corrected chi connectivity index (χ1v) is 9.22. The Bertz CT molecular complexity index is 532. The summed E-state index contributed by atoms with van der Waals surface area (Å²) < 4.78 is 2.07. The van der Waals surface area contributed by atoms with E-state index in [0.29, 0.717) is 12.0 Å². The van der Waals surface area contributed by atoms with Crippen LogP contribution in [0.5, 0.6) is 0 Å². The Morgan fingerprint density at radius 2 is 2.08 bits per heavy atom. The number of hydrogen-bond acceptors (Lipinski definition) is 3. The number of aryl methyl sites for hydroxylation is 2. The Morgan fingerprint density at radius 3 is 2.67 bits per heavy atom. The van der Waals surface area contributed by atoms with Gasteiger partial charge in [0.1, 0.15) is 0 Å². The second-order valence-electron chi connectivity index (χ2n) is 7.08. The standard InChI is InChI=1S/C18H33N5O/c1-5-19-18(21-16-6-8-17(24)9-7-16)20-11-13(2)12-23-15(4)10-14(3)22-23/h10,13,16-17,24H,5-9,11-12H2,1-4H3,(H2,19,20,21). The number of aliphatic hydroxyl groups excluding tert-OH is 1. The van der Waals surface area contributed by atoms with Crippen LogP contribution in [0.2, 0.25) is 0 Å². The number of hydrogen-bond donors (Lipinski definition) is 3. The van der Waals surface area contributed by atoms with Gasteiger partial charge >= 0.3 is 0 Å². The molecule has 0 aromatic carbocycles. The van der Waals surface area contributed by atoms with Crippen molar-refractivity contribution in [1.29, 1.82) is 0 Å². The predicted octanol–water partition coefficient (Wildman–Crippen LogP) is 1.99. The van der Waals surface area contributed by atoms with E-state index in [9.17, 15) is 5.11 Å². The molecule has 24 heavy (non-hydrogen) atoms. The molecule has 0 spiro atoms. The Balaban J connectivity index is 1.86. The van der Waals surface area contributed by atoms with Crippen molar-refractivity contribution < 1.29 is 5.11 Å². The molecule has 1 aliphatic carbocycles. The van der Waals surface area contributed by atoms with E-state index in [1.54, 1.807) is 0 Å². The van der Waals surface area contributed by atoms with E-state index < -0.39 is 0 Å². The van der Waals surface area contributed by atoms with Crippen molar-refractivity contribution >= 4 is 5.96 Å². The van der Waals surface area contributed by atoms with E-state index in [1.807, 2.05) is 6.92 Å². The van der Waals surface area contributed by atoms with Gasteiger partial charge in [0, 0.05) is 31.4 Å². The van der Waals surface area contributed by atoms with Gasteiger partial charge in [0.05, 0.1) is 11.8 Å². The molecule has 1 heterocycles. The van der Waals surface area contributed by atoms with Gasteiger partial charge in [-0.1, -0.05) is 6.92 Å². The molecule has 2 rings (SSSR count). The molecule has 3 N–H and O–H groups in total. The Labute approximate surface area is 145 Å². The topological polar surface area (TPSA) is 74.5 Å². The summed E-state index contributed by atoms with van der Waals surface area (Å²) >= 11 is 0. The van der Waals surface area contributed by atoms with Crippen molar-refractivity contribution in [3.05, 3.63) is 17.5 Å². The lowest BCUT2D eigenvalue weighted by atomic mass is 9.93. The van der Waals surface area contributed by atoms with Gasteiger partial charge in [-0.2, -0.15) is 5.10 Å². The minimum atomic E-state index is -0.122. The van der Waals surface area contributed by atoms with Crippen LogP contribution < -0.4 is 10.6 Å². The molecule has 1 unspecified atom stereocenters. The van der Waals surface area contributed by atoms with Crippen LogP contribution in [0.3, 0.4) is 0 Å². The highest BCUT2D eigenvalue weighted by Gasteiger charge is 2.20. The van der Waals surface area contributed by atoms with E-state index in [-0.39, 0.29) is 6.10 Å². The first-order chi connectivity index (χ1) is 11.5. The third-order valence-corrected chi connectivity index (χ3v) is 4.53. The number of nitrogens with one attached hydrogen (secondary N) is 2. The highest BCUT2D eigenvalue weighted by molar-refractivity contribution is 5.80. The molecule has 0 aliphatic heterocycles. The lowest BCUT2D eigenvalue weighted by Gasteiger charge is -2.27. The maximum Gasteiger partial charge on any atom is 0.191 e. The minimum absolute atomic E-state index is 0.122. The van der Waals surface area contributed by atoms with Crippen molar-refractivity contribution in [2.45, 2.75) is 72.1 Å². The van der Waals surface area contributed by atoms with Gasteiger partial charge in [0.25, 0.3) is 0 Å². The predicted molar refractivity (Wildman–Crippen MR) is 98.2 cm³/mol. The van der Waals surface area contributed by atoms with Gasteiger partial charge in [0.2, 0.25) is 0 Å². The third kappa shape index (κ3) is 5.82. The minimum Gasteiger partial charge on any atom is -0.393 e. The van der Waals surface area contributed by atoms with Crippen molar-refractivity contribution in [2.24, 2.45) is 10.9 Å². The van der Waals surface area contributed by atoms with Gasteiger partial charge in [0.15, 0.2) is 5.96 Å². The molecule has 0 radical (unpaired) electrons. The van der Waals surface area contributed by atoms with Crippen LogP contribution in [0.1, 0.15) is 50.9 Å². The molecule has 136 valence electrons. The van der Waals surface area contributed by atoms with Crippen LogP contribution in [0.25, 0.3) is 0 Å². The van der Waals surface area contributed by atoms with E-state index in [1.165, 1.54) is 5.69 Å². The zero-order valence-electron chi connectivity index (χ0n) is 15.5. The Kier molecular flexibility index (Phi) is 7.09. The highest BCUT2D eigenvalue weighted by atomic mass is 16.3. The zero-order valence-corrected chi connectivity index (χ0v) is 15.5. The quantitative estimate of drug-likeness (QED) is 0.549. The largest absolute Gasteiger partial charge is 0.393 e. The number of nitrogens with zero attached hydrogens (tertiary/aromatic N) is 3. The van der Waals surface area contributed by atoms with Gasteiger partial charge in [-0.25, -0.2) is 0 Å². The molecular weight excluding hydrogens is 302 g/mol. The Hall–Kier alpha value is -1.56. The fourth-order valence-corrected chi connectivity index (χ4v) is 3.19. The lowest BCUT2D eigenvalue weighted by Crippen LogP contribution is -2.45. The molecule has 6 heteroatoms. The fraction of sp³-hybridized carbons (Fsp3) is 0.778. The lowest BCUT2D eigenvalue weighted by molar-refractivity contribution is 0.120. The maximum absolute atomic E-state index is 9.62. The molecule has 0 amide bonds. The second kappa shape index (κ2) is 9.06. The average molecular weight is 335 g/mol. The molecule has 1 saturated carbocycles. The van der Waals surface area contributed by atoms with Gasteiger partial charge in [-0.3, -0.25) is 9.67 Å². The van der Waals surface area contributed by atoms with Crippen LogP contribution in [0.15, 0.2) is 11.1 Å². The van der Waals surface area contributed by atoms with Crippen molar-refractivity contribution in [1.82, 2.24) is 20.4 Å². The molecule has 1 aliphatic rings. The number of guanidine groups is 1. The summed E-state index contributed by atoms with van der Waals surface area (Å²) in [5, 5.41) is 21.0. The summed E-state index contributed by atoms with van der Waals surface area (Å²) in [6.07, 6.45) is 3.65. The van der Waals surface area contributed by atoms with E-state index in [4.69, 9.17) is 4.99 Å². The molecule has 1 aromatic rings. The summed E-state index contributed by atoms with van der Waals surface area (Å²) in [7, 11) is 0. The van der Waals surface area contributed by atoms with Crippen LogP contribution in [-0.4, -0.2) is 46.1 Å². The molecular formula is C18H33N5O. The highest BCUT2D eigenvalue weighted by Crippen LogP contribution is 2.18. The molecule has 1 atom stereocenters. The van der Waals surface area contributed by atoms with E-state index in [0.717, 1.165) is 57.0 Å². The van der Waals surface area contributed by atoms with Crippen LogP contribution >= 0.6 is 0 Å².